The van der Waals surface area contributed by atoms with Crippen molar-refractivity contribution in [3.05, 3.63) is 35.4 Å². The number of likely N-dealkylation sites (tertiary alicyclic amines) is 1. The van der Waals surface area contributed by atoms with Gasteiger partial charge in [-0.2, -0.15) is 5.26 Å². The Hall–Kier alpha value is -1.86. The van der Waals surface area contributed by atoms with Crippen molar-refractivity contribution in [2.24, 2.45) is 5.73 Å². The molecule has 2 rings (SSSR count). The molecule has 4 nitrogen and oxygen atoms in total. The second-order valence-corrected chi connectivity index (χ2v) is 3.96. The van der Waals surface area contributed by atoms with Crippen LogP contribution >= 0.6 is 0 Å². The van der Waals surface area contributed by atoms with Gasteiger partial charge < -0.3 is 10.6 Å². The maximum Gasteiger partial charge on any atom is 0.239 e. The Bertz CT molecular complexity index is 433. The van der Waals surface area contributed by atoms with Crippen molar-refractivity contribution in [1.82, 2.24) is 4.90 Å². The van der Waals surface area contributed by atoms with Gasteiger partial charge in [0, 0.05) is 13.1 Å². The van der Waals surface area contributed by atoms with E-state index in [-0.39, 0.29) is 11.9 Å². The lowest BCUT2D eigenvalue weighted by Gasteiger charge is -2.15. The van der Waals surface area contributed by atoms with Crippen molar-refractivity contribution in [3.63, 3.8) is 0 Å². The zero-order chi connectivity index (χ0) is 11.5. The van der Waals surface area contributed by atoms with Crippen LogP contribution in [0.2, 0.25) is 0 Å². The van der Waals surface area contributed by atoms with E-state index in [0.29, 0.717) is 12.1 Å². The van der Waals surface area contributed by atoms with Crippen LogP contribution in [0.3, 0.4) is 0 Å². The van der Waals surface area contributed by atoms with Gasteiger partial charge in [0.05, 0.1) is 17.7 Å². The third-order valence-corrected chi connectivity index (χ3v) is 2.80. The van der Waals surface area contributed by atoms with Crippen molar-refractivity contribution >= 4 is 5.91 Å². The molecule has 1 aliphatic heterocycles. The summed E-state index contributed by atoms with van der Waals surface area (Å²) < 4.78 is 0. The Morgan fingerprint density at radius 3 is 2.62 bits per heavy atom. The average molecular weight is 215 g/mol. The number of carbonyl (C=O) groups excluding carboxylic acids is 1. The van der Waals surface area contributed by atoms with E-state index in [9.17, 15) is 4.79 Å². The van der Waals surface area contributed by atoms with Gasteiger partial charge in [-0.15, -0.1) is 0 Å². The van der Waals surface area contributed by atoms with Gasteiger partial charge in [0.2, 0.25) is 5.91 Å². The van der Waals surface area contributed by atoms with Crippen molar-refractivity contribution < 1.29 is 4.79 Å². The predicted octanol–water partition coefficient (Wildman–Crippen LogP) is 0.618. The molecule has 0 unspecified atom stereocenters. The van der Waals surface area contributed by atoms with Crippen LogP contribution in [0, 0.1) is 11.3 Å². The summed E-state index contributed by atoms with van der Waals surface area (Å²) in [6.07, 6.45) is 0.731. The normalized spacial score (nSPS) is 19.9. The number of amides is 1. The van der Waals surface area contributed by atoms with Gasteiger partial charge in [-0.05, 0) is 24.1 Å². The molecule has 4 heteroatoms. The highest BCUT2D eigenvalue weighted by Gasteiger charge is 2.27. The van der Waals surface area contributed by atoms with Gasteiger partial charge in [-0.25, -0.2) is 0 Å². The molecule has 0 radical (unpaired) electrons. The third kappa shape index (κ3) is 2.05. The van der Waals surface area contributed by atoms with E-state index in [2.05, 4.69) is 6.07 Å². The van der Waals surface area contributed by atoms with Crippen LogP contribution in [0.5, 0.6) is 0 Å². The summed E-state index contributed by atoms with van der Waals surface area (Å²) in [5, 5.41) is 8.66. The third-order valence-electron chi connectivity index (χ3n) is 2.80. The van der Waals surface area contributed by atoms with Crippen molar-refractivity contribution in [3.8, 4) is 6.07 Å². The summed E-state index contributed by atoms with van der Waals surface area (Å²) in [5.41, 5.74) is 7.30. The van der Waals surface area contributed by atoms with Gasteiger partial charge >= 0.3 is 0 Å². The zero-order valence-corrected chi connectivity index (χ0v) is 8.89. The van der Waals surface area contributed by atoms with Crippen molar-refractivity contribution in [2.75, 3.05) is 6.54 Å². The second kappa shape index (κ2) is 4.33. The maximum absolute atomic E-state index is 11.6. The number of rotatable bonds is 2. The van der Waals surface area contributed by atoms with Crippen molar-refractivity contribution in [1.29, 1.82) is 5.26 Å². The Labute approximate surface area is 94.3 Å². The van der Waals surface area contributed by atoms with E-state index in [0.717, 1.165) is 18.5 Å². The summed E-state index contributed by atoms with van der Waals surface area (Å²) in [7, 11) is 0. The van der Waals surface area contributed by atoms with Gasteiger partial charge in [-0.1, -0.05) is 12.1 Å². The molecule has 1 fully saturated rings. The van der Waals surface area contributed by atoms with E-state index in [1.807, 2.05) is 12.1 Å². The van der Waals surface area contributed by atoms with Crippen LogP contribution in [0.1, 0.15) is 17.5 Å². The van der Waals surface area contributed by atoms with Crippen LogP contribution in [0.25, 0.3) is 0 Å². The highest BCUT2D eigenvalue weighted by molar-refractivity contribution is 5.83. The monoisotopic (exact) mass is 215 g/mol. The number of nitriles is 1. The summed E-state index contributed by atoms with van der Waals surface area (Å²) in [4.78, 5) is 13.3. The van der Waals surface area contributed by atoms with Gasteiger partial charge in [0.1, 0.15) is 0 Å². The summed E-state index contributed by atoms with van der Waals surface area (Å²) in [6, 6.07) is 8.99. The molecule has 0 bridgehead atoms. The molecular weight excluding hydrogens is 202 g/mol. The molecule has 1 heterocycles. The Morgan fingerprint density at radius 1 is 1.44 bits per heavy atom. The second-order valence-electron chi connectivity index (χ2n) is 3.96. The Morgan fingerprint density at radius 2 is 2.12 bits per heavy atom. The molecule has 1 atom stereocenters. The topological polar surface area (TPSA) is 70.1 Å². The lowest BCUT2D eigenvalue weighted by molar-refractivity contribution is -0.129. The van der Waals surface area contributed by atoms with Crippen LogP contribution < -0.4 is 5.73 Å². The molecule has 0 saturated carbocycles. The molecule has 2 N–H and O–H groups in total. The minimum absolute atomic E-state index is 0.0179. The molecule has 1 aliphatic rings. The first kappa shape index (κ1) is 10.7. The number of hydrogen-bond donors (Lipinski definition) is 1. The van der Waals surface area contributed by atoms with E-state index >= 15 is 0 Å². The molecule has 1 amide bonds. The number of nitrogens with zero attached hydrogens (tertiary/aromatic N) is 2. The average Bonchev–Trinajstić information content (AvgIpc) is 2.62. The zero-order valence-electron chi connectivity index (χ0n) is 8.89. The predicted molar refractivity (Wildman–Crippen MR) is 59.2 cm³/mol. The minimum atomic E-state index is -0.335. The fourth-order valence-electron chi connectivity index (χ4n) is 1.83. The fraction of sp³-hybridized carbons (Fsp3) is 0.333. The van der Waals surface area contributed by atoms with Crippen LogP contribution in [-0.4, -0.2) is 23.4 Å². The van der Waals surface area contributed by atoms with Crippen LogP contribution in [0.15, 0.2) is 24.3 Å². The van der Waals surface area contributed by atoms with E-state index in [1.165, 1.54) is 0 Å². The first-order chi connectivity index (χ1) is 7.70. The van der Waals surface area contributed by atoms with Gasteiger partial charge in [0.15, 0.2) is 0 Å². The molecule has 0 spiro atoms. The molecule has 0 aromatic heterocycles. The standard InChI is InChI=1S/C12H13N3O/c13-7-9-1-3-10(4-2-9)8-15-6-5-11(14)12(15)16/h1-4,11H,5-6,8,14H2/t11-/m1/s1. The van der Waals surface area contributed by atoms with Crippen molar-refractivity contribution in [2.45, 2.75) is 19.0 Å². The van der Waals surface area contributed by atoms with Gasteiger partial charge in [0.25, 0.3) is 0 Å². The number of benzene rings is 1. The largest absolute Gasteiger partial charge is 0.337 e. The Balaban J connectivity index is 2.05. The maximum atomic E-state index is 11.6. The molecule has 1 aromatic carbocycles. The van der Waals surface area contributed by atoms with E-state index in [4.69, 9.17) is 11.0 Å². The first-order valence-corrected chi connectivity index (χ1v) is 5.24. The highest BCUT2D eigenvalue weighted by atomic mass is 16.2. The highest BCUT2D eigenvalue weighted by Crippen LogP contribution is 2.14. The quantitative estimate of drug-likeness (QED) is 0.786. The van der Waals surface area contributed by atoms with Crippen LogP contribution in [-0.2, 0) is 11.3 Å². The molecule has 1 aromatic rings. The summed E-state index contributed by atoms with van der Waals surface area (Å²) >= 11 is 0. The lowest BCUT2D eigenvalue weighted by atomic mass is 10.1. The lowest BCUT2D eigenvalue weighted by Crippen LogP contribution is -2.33. The summed E-state index contributed by atoms with van der Waals surface area (Å²) in [5.74, 6) is 0.0179. The fourth-order valence-corrected chi connectivity index (χ4v) is 1.83. The SMILES string of the molecule is N#Cc1ccc(CN2CC[C@@H](N)C2=O)cc1. The van der Waals surface area contributed by atoms with Crippen LogP contribution in [0.4, 0.5) is 0 Å². The molecule has 16 heavy (non-hydrogen) atoms. The molecular formula is C12H13N3O. The number of hydrogen-bond acceptors (Lipinski definition) is 3. The van der Waals surface area contributed by atoms with E-state index in [1.54, 1.807) is 17.0 Å². The summed E-state index contributed by atoms with van der Waals surface area (Å²) in [6.45, 7) is 1.30. The minimum Gasteiger partial charge on any atom is -0.337 e. The number of nitrogens with two attached hydrogens (primary N) is 1. The molecule has 82 valence electrons. The molecule has 1 saturated heterocycles. The van der Waals surface area contributed by atoms with E-state index < -0.39 is 0 Å². The number of carbonyl (C=O) groups is 1. The smallest absolute Gasteiger partial charge is 0.239 e. The van der Waals surface area contributed by atoms with Gasteiger partial charge in [-0.3, -0.25) is 4.79 Å². The molecule has 0 aliphatic carbocycles. The first-order valence-electron chi connectivity index (χ1n) is 5.24. The Kier molecular flexibility index (Phi) is 2.88.